The van der Waals surface area contributed by atoms with Gasteiger partial charge in [0.1, 0.15) is 5.75 Å². The van der Waals surface area contributed by atoms with Crippen LogP contribution < -0.4 is 15.9 Å². The molecule has 0 bridgehead atoms. The predicted octanol–water partition coefficient (Wildman–Crippen LogP) is 3.73. The van der Waals surface area contributed by atoms with Crippen LogP contribution in [0.3, 0.4) is 0 Å². The molecule has 26 heavy (non-hydrogen) atoms. The van der Waals surface area contributed by atoms with Crippen molar-refractivity contribution in [3.8, 4) is 5.75 Å². The Kier molecular flexibility index (Phi) is 5.17. The average molecular weight is 347 g/mol. The molecule has 0 fully saturated rings. The van der Waals surface area contributed by atoms with E-state index in [1.54, 1.807) is 19.1 Å². The van der Waals surface area contributed by atoms with Gasteiger partial charge in [0.25, 0.3) is 5.91 Å². The molecule has 5 heteroatoms. The van der Waals surface area contributed by atoms with Crippen LogP contribution in [0.15, 0.2) is 71.8 Å². The molecule has 0 spiro atoms. The van der Waals surface area contributed by atoms with Crippen molar-refractivity contribution in [2.75, 3.05) is 5.73 Å². The van der Waals surface area contributed by atoms with Gasteiger partial charge in [0.15, 0.2) is 6.10 Å². The van der Waals surface area contributed by atoms with Gasteiger partial charge in [-0.15, -0.1) is 0 Å². The summed E-state index contributed by atoms with van der Waals surface area (Å²) in [7, 11) is 0. The van der Waals surface area contributed by atoms with Gasteiger partial charge in [-0.2, -0.15) is 5.10 Å². The summed E-state index contributed by atoms with van der Waals surface area (Å²) in [5, 5.41) is 6.32. The zero-order valence-electron chi connectivity index (χ0n) is 14.8. The summed E-state index contributed by atoms with van der Waals surface area (Å²) in [6, 6.07) is 21.1. The number of anilines is 1. The molecule has 3 aromatic carbocycles. The number of hydrazone groups is 1. The van der Waals surface area contributed by atoms with E-state index in [9.17, 15) is 4.79 Å². The van der Waals surface area contributed by atoms with E-state index < -0.39 is 6.10 Å². The molecule has 3 aromatic rings. The van der Waals surface area contributed by atoms with Gasteiger partial charge in [0.05, 0.1) is 5.71 Å². The highest BCUT2D eigenvalue weighted by Gasteiger charge is 2.14. The van der Waals surface area contributed by atoms with Crippen LogP contribution >= 0.6 is 0 Å². The van der Waals surface area contributed by atoms with Crippen LogP contribution in [0, 0.1) is 0 Å². The molecule has 0 aromatic heterocycles. The van der Waals surface area contributed by atoms with Crippen LogP contribution in [0.5, 0.6) is 5.75 Å². The topological polar surface area (TPSA) is 76.7 Å². The standard InChI is InChI=1S/C21H21N3O2/c1-14(17-8-5-9-19(22)12-17)23-24-21(25)15(2)26-20-11-10-16-6-3-4-7-18(16)13-20/h3-13,15H,22H2,1-2H3,(H,24,25)/b23-14+. The number of rotatable bonds is 5. The van der Waals surface area contributed by atoms with Crippen LogP contribution in [0.2, 0.25) is 0 Å². The molecule has 1 unspecified atom stereocenters. The minimum Gasteiger partial charge on any atom is -0.481 e. The van der Waals surface area contributed by atoms with Crippen molar-refractivity contribution in [1.29, 1.82) is 0 Å². The molecule has 5 nitrogen and oxygen atoms in total. The van der Waals surface area contributed by atoms with Crippen molar-refractivity contribution in [1.82, 2.24) is 5.43 Å². The number of amides is 1. The van der Waals surface area contributed by atoms with E-state index in [-0.39, 0.29) is 5.91 Å². The molecule has 0 saturated carbocycles. The van der Waals surface area contributed by atoms with Gasteiger partial charge in [-0.05, 0) is 54.4 Å². The van der Waals surface area contributed by atoms with Gasteiger partial charge in [-0.1, -0.05) is 42.5 Å². The first-order chi connectivity index (χ1) is 12.5. The molecule has 3 rings (SSSR count). The lowest BCUT2D eigenvalue weighted by Crippen LogP contribution is -2.33. The Morgan fingerprint density at radius 2 is 1.81 bits per heavy atom. The number of fused-ring (bicyclic) bond motifs is 1. The number of benzene rings is 3. The maximum Gasteiger partial charge on any atom is 0.280 e. The van der Waals surface area contributed by atoms with Crippen LogP contribution in [0.25, 0.3) is 10.8 Å². The Morgan fingerprint density at radius 3 is 2.58 bits per heavy atom. The number of hydrogen-bond acceptors (Lipinski definition) is 4. The van der Waals surface area contributed by atoms with Crippen molar-refractivity contribution in [3.63, 3.8) is 0 Å². The molecule has 0 aliphatic carbocycles. The fraction of sp³-hybridized carbons (Fsp3) is 0.143. The highest BCUT2D eigenvalue weighted by molar-refractivity contribution is 6.00. The van der Waals surface area contributed by atoms with Gasteiger partial charge in [0, 0.05) is 5.69 Å². The predicted molar refractivity (Wildman–Crippen MR) is 105 cm³/mol. The second-order valence-corrected chi connectivity index (χ2v) is 6.07. The first-order valence-corrected chi connectivity index (χ1v) is 8.38. The molecule has 132 valence electrons. The smallest absolute Gasteiger partial charge is 0.280 e. The van der Waals surface area contributed by atoms with E-state index >= 15 is 0 Å². The summed E-state index contributed by atoms with van der Waals surface area (Å²) in [5.74, 6) is 0.323. The van der Waals surface area contributed by atoms with E-state index in [2.05, 4.69) is 10.5 Å². The third kappa shape index (κ3) is 4.19. The molecule has 1 amide bonds. The monoisotopic (exact) mass is 347 g/mol. The number of hydrogen-bond donors (Lipinski definition) is 2. The van der Waals surface area contributed by atoms with Crippen LogP contribution in [0.1, 0.15) is 19.4 Å². The quantitative estimate of drug-likeness (QED) is 0.419. The minimum absolute atomic E-state index is 0.318. The molecule has 1 atom stereocenters. The zero-order chi connectivity index (χ0) is 18.5. The van der Waals surface area contributed by atoms with Crippen molar-refractivity contribution in [2.45, 2.75) is 20.0 Å². The maximum absolute atomic E-state index is 12.2. The molecule has 0 aliphatic rings. The minimum atomic E-state index is -0.673. The van der Waals surface area contributed by atoms with E-state index in [0.717, 1.165) is 16.3 Å². The summed E-state index contributed by atoms with van der Waals surface area (Å²) < 4.78 is 5.74. The SMILES string of the molecule is C/C(=N\NC(=O)C(C)Oc1ccc2ccccc2c1)c1cccc(N)c1. The lowest BCUT2D eigenvalue weighted by Gasteiger charge is -2.14. The van der Waals surface area contributed by atoms with Crippen molar-refractivity contribution >= 4 is 28.1 Å². The second-order valence-electron chi connectivity index (χ2n) is 6.07. The van der Waals surface area contributed by atoms with E-state index in [1.807, 2.05) is 61.5 Å². The van der Waals surface area contributed by atoms with E-state index in [0.29, 0.717) is 17.1 Å². The zero-order valence-corrected chi connectivity index (χ0v) is 14.8. The first-order valence-electron chi connectivity index (χ1n) is 8.38. The second kappa shape index (κ2) is 7.70. The van der Waals surface area contributed by atoms with Crippen LogP contribution in [-0.2, 0) is 4.79 Å². The molecule has 0 radical (unpaired) electrons. The largest absolute Gasteiger partial charge is 0.481 e. The van der Waals surface area contributed by atoms with Crippen molar-refractivity contribution in [2.24, 2.45) is 5.10 Å². The number of nitrogens with two attached hydrogens (primary N) is 1. The summed E-state index contributed by atoms with van der Waals surface area (Å²) in [6.45, 7) is 3.50. The third-order valence-corrected chi connectivity index (χ3v) is 4.04. The summed E-state index contributed by atoms with van der Waals surface area (Å²) in [6.07, 6.45) is -0.673. The number of ether oxygens (including phenoxy) is 1. The number of carbonyl (C=O) groups excluding carboxylic acids is 1. The molecule has 3 N–H and O–H groups in total. The Labute approximate surface area is 152 Å². The number of nitrogens with one attached hydrogen (secondary N) is 1. The van der Waals surface area contributed by atoms with Gasteiger partial charge in [-0.3, -0.25) is 4.79 Å². The lowest BCUT2D eigenvalue weighted by molar-refractivity contribution is -0.127. The molecular formula is C21H21N3O2. The fourth-order valence-electron chi connectivity index (χ4n) is 2.56. The summed E-state index contributed by atoms with van der Waals surface area (Å²) in [5.41, 5.74) is 10.5. The Balaban J connectivity index is 1.64. The molecule has 0 heterocycles. The highest BCUT2D eigenvalue weighted by atomic mass is 16.5. The number of carbonyl (C=O) groups is 1. The fourth-order valence-corrected chi connectivity index (χ4v) is 2.56. The number of nitrogen functional groups attached to an aromatic ring is 1. The first kappa shape index (κ1) is 17.5. The van der Waals surface area contributed by atoms with E-state index in [4.69, 9.17) is 10.5 Å². The van der Waals surface area contributed by atoms with Gasteiger partial charge < -0.3 is 10.5 Å². The number of nitrogens with zero attached hydrogens (tertiary/aromatic N) is 1. The molecule has 0 saturated heterocycles. The van der Waals surface area contributed by atoms with Crippen molar-refractivity contribution < 1.29 is 9.53 Å². The maximum atomic E-state index is 12.2. The third-order valence-electron chi connectivity index (χ3n) is 4.04. The molecule has 0 aliphatic heterocycles. The average Bonchev–Trinajstić information content (AvgIpc) is 2.65. The Morgan fingerprint density at radius 1 is 1.04 bits per heavy atom. The normalized spacial score (nSPS) is 12.6. The van der Waals surface area contributed by atoms with Crippen LogP contribution in [0.4, 0.5) is 5.69 Å². The Bertz CT molecular complexity index is 966. The summed E-state index contributed by atoms with van der Waals surface area (Å²) in [4.78, 5) is 12.2. The van der Waals surface area contributed by atoms with Crippen molar-refractivity contribution in [3.05, 3.63) is 72.3 Å². The van der Waals surface area contributed by atoms with E-state index in [1.165, 1.54) is 0 Å². The molecular weight excluding hydrogens is 326 g/mol. The highest BCUT2D eigenvalue weighted by Crippen LogP contribution is 2.21. The van der Waals surface area contributed by atoms with Crippen LogP contribution in [-0.4, -0.2) is 17.7 Å². The van der Waals surface area contributed by atoms with Gasteiger partial charge in [0.2, 0.25) is 0 Å². The van der Waals surface area contributed by atoms with Gasteiger partial charge >= 0.3 is 0 Å². The lowest BCUT2D eigenvalue weighted by atomic mass is 10.1. The summed E-state index contributed by atoms with van der Waals surface area (Å²) >= 11 is 0. The van der Waals surface area contributed by atoms with Gasteiger partial charge in [-0.25, -0.2) is 5.43 Å². The Hall–Kier alpha value is -3.34.